The SMILES string of the molecule is OC1CCCC(CNC2CCOC3(CCOCC3)C2)C1. The Balaban J connectivity index is 1.45. The molecule has 1 spiro atoms. The number of aliphatic hydroxyl groups is 1. The first-order valence-electron chi connectivity index (χ1n) is 8.39. The van der Waals surface area contributed by atoms with E-state index in [-0.39, 0.29) is 11.7 Å². The zero-order chi connectivity index (χ0) is 13.8. The number of ether oxygens (including phenoxy) is 2. The molecule has 3 atom stereocenters. The molecule has 2 aliphatic heterocycles. The first kappa shape index (κ1) is 14.8. The van der Waals surface area contributed by atoms with Gasteiger partial charge in [-0.15, -0.1) is 0 Å². The second kappa shape index (κ2) is 6.73. The number of aliphatic hydroxyl groups excluding tert-OH is 1. The van der Waals surface area contributed by atoms with Gasteiger partial charge in [0, 0.05) is 25.9 Å². The zero-order valence-electron chi connectivity index (χ0n) is 12.5. The highest BCUT2D eigenvalue weighted by Crippen LogP contribution is 2.34. The van der Waals surface area contributed by atoms with Gasteiger partial charge in [0.15, 0.2) is 0 Å². The molecule has 20 heavy (non-hydrogen) atoms. The van der Waals surface area contributed by atoms with Crippen molar-refractivity contribution in [1.29, 1.82) is 0 Å². The lowest BCUT2D eigenvalue weighted by atomic mass is 9.83. The third-order valence-corrected chi connectivity index (χ3v) is 5.35. The van der Waals surface area contributed by atoms with E-state index in [9.17, 15) is 5.11 Å². The van der Waals surface area contributed by atoms with Crippen LogP contribution in [0.1, 0.15) is 51.4 Å². The molecule has 0 bridgehead atoms. The first-order chi connectivity index (χ1) is 9.76. The van der Waals surface area contributed by atoms with Crippen molar-refractivity contribution >= 4 is 0 Å². The van der Waals surface area contributed by atoms with Gasteiger partial charge in [-0.2, -0.15) is 0 Å². The van der Waals surface area contributed by atoms with Gasteiger partial charge in [-0.25, -0.2) is 0 Å². The minimum atomic E-state index is -0.0629. The first-order valence-corrected chi connectivity index (χ1v) is 8.39. The van der Waals surface area contributed by atoms with Crippen LogP contribution in [0, 0.1) is 5.92 Å². The molecule has 0 aromatic carbocycles. The van der Waals surface area contributed by atoms with E-state index in [0.29, 0.717) is 12.0 Å². The second-order valence-corrected chi connectivity index (χ2v) is 6.93. The molecule has 3 fully saturated rings. The Hall–Kier alpha value is -0.160. The van der Waals surface area contributed by atoms with E-state index < -0.39 is 0 Å². The topological polar surface area (TPSA) is 50.7 Å². The molecule has 1 saturated carbocycles. The van der Waals surface area contributed by atoms with E-state index in [0.717, 1.165) is 64.9 Å². The predicted octanol–water partition coefficient (Wildman–Crippen LogP) is 1.86. The molecule has 3 rings (SSSR count). The Morgan fingerprint density at radius 1 is 1.10 bits per heavy atom. The van der Waals surface area contributed by atoms with Crippen molar-refractivity contribution in [2.75, 3.05) is 26.4 Å². The van der Waals surface area contributed by atoms with E-state index in [1.54, 1.807) is 0 Å². The third kappa shape index (κ3) is 3.73. The van der Waals surface area contributed by atoms with Crippen molar-refractivity contribution in [2.24, 2.45) is 5.92 Å². The lowest BCUT2D eigenvalue weighted by Crippen LogP contribution is -2.50. The third-order valence-electron chi connectivity index (χ3n) is 5.35. The fourth-order valence-electron chi connectivity index (χ4n) is 4.08. The fraction of sp³-hybridized carbons (Fsp3) is 1.00. The van der Waals surface area contributed by atoms with Crippen LogP contribution in [-0.4, -0.2) is 49.2 Å². The number of hydrogen-bond acceptors (Lipinski definition) is 4. The summed E-state index contributed by atoms with van der Waals surface area (Å²) >= 11 is 0. The van der Waals surface area contributed by atoms with Gasteiger partial charge in [0.05, 0.1) is 11.7 Å². The largest absolute Gasteiger partial charge is 0.393 e. The monoisotopic (exact) mass is 283 g/mol. The molecule has 2 N–H and O–H groups in total. The summed E-state index contributed by atoms with van der Waals surface area (Å²) in [6.07, 6.45) is 8.72. The summed E-state index contributed by atoms with van der Waals surface area (Å²) in [5.41, 5.74) is 0.0836. The maximum atomic E-state index is 9.75. The van der Waals surface area contributed by atoms with Crippen molar-refractivity contribution in [3.05, 3.63) is 0 Å². The molecule has 2 saturated heterocycles. The highest BCUT2D eigenvalue weighted by Gasteiger charge is 2.39. The smallest absolute Gasteiger partial charge is 0.0741 e. The standard InChI is InChI=1S/C16H29NO3/c18-15-3-1-2-13(10-15)12-17-14-4-7-20-16(11-14)5-8-19-9-6-16/h13-15,17-18H,1-12H2. The number of nitrogens with one attached hydrogen (secondary N) is 1. The normalized spacial score (nSPS) is 38.0. The minimum Gasteiger partial charge on any atom is -0.393 e. The van der Waals surface area contributed by atoms with E-state index in [4.69, 9.17) is 9.47 Å². The van der Waals surface area contributed by atoms with Crippen LogP contribution in [0.3, 0.4) is 0 Å². The Labute approximate surface area is 122 Å². The minimum absolute atomic E-state index is 0.0629. The number of hydrogen-bond donors (Lipinski definition) is 2. The number of rotatable bonds is 3. The van der Waals surface area contributed by atoms with E-state index in [1.165, 1.54) is 12.8 Å². The van der Waals surface area contributed by atoms with Gasteiger partial charge < -0.3 is 19.9 Å². The van der Waals surface area contributed by atoms with Crippen molar-refractivity contribution in [3.8, 4) is 0 Å². The van der Waals surface area contributed by atoms with Gasteiger partial charge in [0.25, 0.3) is 0 Å². The van der Waals surface area contributed by atoms with Crippen LogP contribution in [0.4, 0.5) is 0 Å². The van der Waals surface area contributed by atoms with E-state index >= 15 is 0 Å². The summed E-state index contributed by atoms with van der Waals surface area (Å²) < 4.78 is 11.6. The fourth-order valence-corrected chi connectivity index (χ4v) is 4.08. The second-order valence-electron chi connectivity index (χ2n) is 6.93. The Kier molecular flexibility index (Phi) is 4.97. The Morgan fingerprint density at radius 3 is 2.75 bits per heavy atom. The highest BCUT2D eigenvalue weighted by atomic mass is 16.5. The molecular formula is C16H29NO3. The molecule has 0 radical (unpaired) electrons. The van der Waals surface area contributed by atoms with Gasteiger partial charge in [-0.1, -0.05) is 6.42 Å². The summed E-state index contributed by atoms with van der Waals surface area (Å²) in [6, 6.07) is 0.584. The molecule has 3 aliphatic rings. The van der Waals surface area contributed by atoms with Crippen molar-refractivity contribution in [2.45, 2.75) is 69.1 Å². The Bertz CT molecular complexity index is 299. The van der Waals surface area contributed by atoms with Gasteiger partial charge in [0.1, 0.15) is 0 Å². The predicted molar refractivity (Wildman–Crippen MR) is 77.7 cm³/mol. The molecule has 1 aliphatic carbocycles. The van der Waals surface area contributed by atoms with Crippen LogP contribution in [0.5, 0.6) is 0 Å². The van der Waals surface area contributed by atoms with Crippen LogP contribution < -0.4 is 5.32 Å². The van der Waals surface area contributed by atoms with Gasteiger partial charge >= 0.3 is 0 Å². The molecule has 116 valence electrons. The van der Waals surface area contributed by atoms with Crippen LogP contribution in [0.15, 0.2) is 0 Å². The van der Waals surface area contributed by atoms with Crippen LogP contribution in [-0.2, 0) is 9.47 Å². The molecule has 0 amide bonds. The average Bonchev–Trinajstić information content (AvgIpc) is 2.46. The quantitative estimate of drug-likeness (QED) is 0.830. The van der Waals surface area contributed by atoms with Crippen molar-refractivity contribution in [3.63, 3.8) is 0 Å². The maximum Gasteiger partial charge on any atom is 0.0741 e. The van der Waals surface area contributed by atoms with Crippen molar-refractivity contribution in [1.82, 2.24) is 5.32 Å². The maximum absolute atomic E-state index is 9.75. The summed E-state index contributed by atoms with van der Waals surface area (Å²) in [6.45, 7) is 3.64. The van der Waals surface area contributed by atoms with E-state index in [1.807, 2.05) is 0 Å². The molecule has 0 aromatic rings. The van der Waals surface area contributed by atoms with Gasteiger partial charge in [0.2, 0.25) is 0 Å². The van der Waals surface area contributed by atoms with Crippen LogP contribution in [0.25, 0.3) is 0 Å². The summed E-state index contributed by atoms with van der Waals surface area (Å²) in [5.74, 6) is 0.659. The molecule has 0 aromatic heterocycles. The molecule has 4 nitrogen and oxygen atoms in total. The van der Waals surface area contributed by atoms with Crippen molar-refractivity contribution < 1.29 is 14.6 Å². The van der Waals surface area contributed by atoms with Crippen LogP contribution >= 0.6 is 0 Å². The molecule has 4 heteroatoms. The highest BCUT2D eigenvalue weighted by molar-refractivity contribution is 4.92. The summed E-state index contributed by atoms with van der Waals surface area (Å²) in [4.78, 5) is 0. The average molecular weight is 283 g/mol. The summed E-state index contributed by atoms with van der Waals surface area (Å²) in [7, 11) is 0. The van der Waals surface area contributed by atoms with Gasteiger partial charge in [-0.05, 0) is 57.4 Å². The van der Waals surface area contributed by atoms with Gasteiger partial charge in [-0.3, -0.25) is 0 Å². The lowest BCUT2D eigenvalue weighted by molar-refractivity contribution is -0.140. The summed E-state index contributed by atoms with van der Waals surface area (Å²) in [5, 5.41) is 13.5. The molecule has 2 heterocycles. The Morgan fingerprint density at radius 2 is 1.95 bits per heavy atom. The molecular weight excluding hydrogens is 254 g/mol. The molecule has 3 unspecified atom stereocenters. The zero-order valence-corrected chi connectivity index (χ0v) is 12.5. The van der Waals surface area contributed by atoms with Crippen LogP contribution in [0.2, 0.25) is 0 Å². The lowest BCUT2D eigenvalue weighted by Gasteiger charge is -2.44. The van der Waals surface area contributed by atoms with E-state index in [2.05, 4.69) is 5.32 Å².